The quantitative estimate of drug-likeness (QED) is 0.896. The van der Waals surface area contributed by atoms with Gasteiger partial charge in [-0.15, -0.1) is 0 Å². The van der Waals surface area contributed by atoms with Gasteiger partial charge >= 0.3 is 0 Å². The van der Waals surface area contributed by atoms with Gasteiger partial charge in [0.2, 0.25) is 5.91 Å². The second-order valence-corrected chi connectivity index (χ2v) is 7.11. The Morgan fingerprint density at radius 2 is 2.19 bits per heavy atom. The van der Waals surface area contributed by atoms with Crippen LogP contribution in [0.3, 0.4) is 0 Å². The zero-order valence-electron chi connectivity index (χ0n) is 12.3. The highest BCUT2D eigenvalue weighted by Gasteiger charge is 2.33. The first-order chi connectivity index (χ1) is 9.78. The van der Waals surface area contributed by atoms with Gasteiger partial charge in [0, 0.05) is 24.2 Å². The molecule has 3 N–H and O–H groups in total. The lowest BCUT2D eigenvalue weighted by Crippen LogP contribution is -2.53. The molecule has 0 spiro atoms. The molecule has 0 bridgehead atoms. The summed E-state index contributed by atoms with van der Waals surface area (Å²) in [6.45, 7) is 6.25. The first kappa shape index (κ1) is 16.6. The monoisotopic (exact) mass is 329 g/mol. The molecule has 116 valence electrons. The van der Waals surface area contributed by atoms with Gasteiger partial charge in [-0.3, -0.25) is 9.69 Å². The Kier molecular flexibility index (Phi) is 5.15. The number of carbonyl (C=O) groups excluding carboxylic acids is 1. The van der Waals surface area contributed by atoms with E-state index in [9.17, 15) is 4.79 Å². The maximum absolute atomic E-state index is 12.2. The van der Waals surface area contributed by atoms with Crippen molar-refractivity contribution in [2.75, 3.05) is 25.0 Å². The smallest absolute Gasteiger partial charge is 0.238 e. The lowest BCUT2D eigenvalue weighted by molar-refractivity contribution is -0.118. The van der Waals surface area contributed by atoms with Gasteiger partial charge in [0.1, 0.15) is 0 Å². The van der Waals surface area contributed by atoms with Crippen molar-refractivity contribution in [2.24, 2.45) is 11.1 Å². The number of piperidine rings is 1. The molecule has 0 aliphatic carbocycles. The molecule has 1 atom stereocenters. The van der Waals surface area contributed by atoms with E-state index < -0.39 is 0 Å². The van der Waals surface area contributed by atoms with E-state index in [1.807, 2.05) is 0 Å². The van der Waals surface area contributed by atoms with Crippen molar-refractivity contribution >= 4 is 34.8 Å². The van der Waals surface area contributed by atoms with Crippen LogP contribution in [0.2, 0.25) is 10.0 Å². The summed E-state index contributed by atoms with van der Waals surface area (Å²) in [4.78, 5) is 14.3. The third kappa shape index (κ3) is 4.33. The number of halogens is 2. The number of amides is 1. The fourth-order valence-electron chi connectivity index (χ4n) is 2.61. The topological polar surface area (TPSA) is 58.4 Å². The number of carbonyl (C=O) groups is 1. The predicted molar refractivity (Wildman–Crippen MR) is 87.9 cm³/mol. The number of hydrogen-bond acceptors (Lipinski definition) is 3. The fourth-order valence-corrected chi connectivity index (χ4v) is 2.94. The molecule has 0 radical (unpaired) electrons. The van der Waals surface area contributed by atoms with Gasteiger partial charge in [-0.1, -0.05) is 37.0 Å². The molecule has 1 aromatic carbocycles. The first-order valence-corrected chi connectivity index (χ1v) is 7.76. The van der Waals surface area contributed by atoms with E-state index in [0.717, 1.165) is 19.5 Å². The molecule has 6 heteroatoms. The number of nitrogens with one attached hydrogen (secondary N) is 1. The minimum Gasteiger partial charge on any atom is -0.327 e. The number of nitrogens with two attached hydrogens (primary N) is 1. The van der Waals surface area contributed by atoms with Crippen LogP contribution in [0.4, 0.5) is 5.69 Å². The lowest BCUT2D eigenvalue weighted by atomic mass is 9.80. The Balaban J connectivity index is 1.95. The Hall–Kier alpha value is -0.810. The van der Waals surface area contributed by atoms with Crippen LogP contribution in [0.15, 0.2) is 18.2 Å². The van der Waals surface area contributed by atoms with E-state index in [-0.39, 0.29) is 17.4 Å². The van der Waals surface area contributed by atoms with Gasteiger partial charge in [-0.05, 0) is 30.0 Å². The number of rotatable bonds is 3. The van der Waals surface area contributed by atoms with Crippen LogP contribution in [0.5, 0.6) is 0 Å². The van der Waals surface area contributed by atoms with Crippen LogP contribution >= 0.6 is 23.2 Å². The maximum atomic E-state index is 12.2. The Morgan fingerprint density at radius 3 is 2.86 bits per heavy atom. The molecule has 1 fully saturated rings. The number of nitrogens with zero attached hydrogens (tertiary/aromatic N) is 1. The number of anilines is 1. The van der Waals surface area contributed by atoms with Crippen molar-refractivity contribution in [1.82, 2.24) is 4.90 Å². The van der Waals surface area contributed by atoms with Crippen LogP contribution in [-0.2, 0) is 4.79 Å². The normalized spacial score (nSPS) is 22.0. The number of likely N-dealkylation sites (tertiary alicyclic amines) is 1. The average molecular weight is 330 g/mol. The van der Waals surface area contributed by atoms with Gasteiger partial charge in [-0.25, -0.2) is 0 Å². The molecule has 1 aliphatic rings. The van der Waals surface area contributed by atoms with Crippen molar-refractivity contribution in [3.05, 3.63) is 28.2 Å². The summed E-state index contributed by atoms with van der Waals surface area (Å²) in [5, 5.41) is 3.83. The highest BCUT2D eigenvalue weighted by molar-refractivity contribution is 6.35. The summed E-state index contributed by atoms with van der Waals surface area (Å²) >= 11 is 12.0. The van der Waals surface area contributed by atoms with Crippen LogP contribution in [0.25, 0.3) is 0 Å². The predicted octanol–water partition coefficient (Wildman–Crippen LogP) is 2.99. The summed E-state index contributed by atoms with van der Waals surface area (Å²) in [7, 11) is 0. The van der Waals surface area contributed by atoms with Gasteiger partial charge in [0.05, 0.1) is 17.3 Å². The van der Waals surface area contributed by atoms with Crippen LogP contribution < -0.4 is 11.1 Å². The van der Waals surface area contributed by atoms with E-state index in [0.29, 0.717) is 22.3 Å². The summed E-state index contributed by atoms with van der Waals surface area (Å²) in [5.41, 5.74) is 6.67. The molecule has 1 amide bonds. The summed E-state index contributed by atoms with van der Waals surface area (Å²) in [5.74, 6) is -0.0922. The molecule has 0 aromatic heterocycles. The molecule has 1 heterocycles. The van der Waals surface area contributed by atoms with E-state index in [2.05, 4.69) is 24.1 Å². The van der Waals surface area contributed by atoms with Crippen molar-refractivity contribution in [2.45, 2.75) is 26.3 Å². The molecule has 2 rings (SSSR count). The molecule has 1 saturated heterocycles. The third-order valence-electron chi connectivity index (χ3n) is 3.96. The summed E-state index contributed by atoms with van der Waals surface area (Å²) in [6, 6.07) is 5.19. The zero-order valence-corrected chi connectivity index (χ0v) is 13.8. The molecule has 1 aliphatic heterocycles. The highest BCUT2D eigenvalue weighted by Crippen LogP contribution is 2.28. The van der Waals surface area contributed by atoms with Crippen molar-refractivity contribution in [3.8, 4) is 0 Å². The van der Waals surface area contributed by atoms with Crippen LogP contribution in [0, 0.1) is 5.41 Å². The Morgan fingerprint density at radius 1 is 1.48 bits per heavy atom. The molecule has 21 heavy (non-hydrogen) atoms. The molecule has 0 saturated carbocycles. The van der Waals surface area contributed by atoms with Crippen molar-refractivity contribution < 1.29 is 4.79 Å². The van der Waals surface area contributed by atoms with Gasteiger partial charge in [-0.2, -0.15) is 0 Å². The fraction of sp³-hybridized carbons (Fsp3) is 0.533. The van der Waals surface area contributed by atoms with E-state index in [1.54, 1.807) is 18.2 Å². The molecule has 1 aromatic rings. The van der Waals surface area contributed by atoms with Crippen molar-refractivity contribution in [1.29, 1.82) is 0 Å². The Labute approximate surface area is 135 Å². The first-order valence-electron chi connectivity index (χ1n) is 7.01. The standard InChI is InChI=1S/C15H21Cl2N3O/c1-15(2)9-20(6-5-13(15)18)8-14(21)19-12-7-10(16)3-4-11(12)17/h3-4,7,13H,5-6,8-9,18H2,1-2H3,(H,19,21). The van der Waals surface area contributed by atoms with Crippen LogP contribution in [-0.4, -0.2) is 36.5 Å². The third-order valence-corrected chi connectivity index (χ3v) is 4.53. The maximum Gasteiger partial charge on any atom is 0.238 e. The molecule has 1 unspecified atom stereocenters. The summed E-state index contributed by atoms with van der Waals surface area (Å²) in [6.07, 6.45) is 0.901. The van der Waals surface area contributed by atoms with Gasteiger partial charge in [0.25, 0.3) is 0 Å². The molecular formula is C15H21Cl2N3O. The lowest BCUT2D eigenvalue weighted by Gasteiger charge is -2.42. The Bertz CT molecular complexity index is 534. The van der Waals surface area contributed by atoms with Gasteiger partial charge < -0.3 is 11.1 Å². The van der Waals surface area contributed by atoms with Crippen LogP contribution in [0.1, 0.15) is 20.3 Å². The van der Waals surface area contributed by atoms with E-state index in [4.69, 9.17) is 28.9 Å². The minimum absolute atomic E-state index is 0.0201. The van der Waals surface area contributed by atoms with Crippen molar-refractivity contribution in [3.63, 3.8) is 0 Å². The molecule has 4 nitrogen and oxygen atoms in total. The van der Waals surface area contributed by atoms with E-state index >= 15 is 0 Å². The largest absolute Gasteiger partial charge is 0.327 e. The number of benzene rings is 1. The summed E-state index contributed by atoms with van der Waals surface area (Å²) < 4.78 is 0. The zero-order chi connectivity index (χ0) is 15.6. The van der Waals surface area contributed by atoms with Gasteiger partial charge in [0.15, 0.2) is 0 Å². The van der Waals surface area contributed by atoms with E-state index in [1.165, 1.54) is 0 Å². The average Bonchev–Trinajstić information content (AvgIpc) is 2.38. The number of hydrogen-bond donors (Lipinski definition) is 2. The highest BCUT2D eigenvalue weighted by atomic mass is 35.5. The second kappa shape index (κ2) is 6.53. The molecular weight excluding hydrogens is 309 g/mol. The second-order valence-electron chi connectivity index (χ2n) is 6.27. The SMILES string of the molecule is CC1(C)CN(CC(=O)Nc2cc(Cl)ccc2Cl)CCC1N. The minimum atomic E-state index is -0.0922.